The molecule has 5 aromatic rings. The SMILES string of the molecule is COc1cc(N2CCC3(CC2)CN(C)CCO3)c(-c2cnn(C)c2)cc1Nc1ncc(Br)c(Nc2ccc3nccnc3c2NS(C)(=O)=O)n1. The number of anilines is 6. The Morgan fingerprint density at radius 3 is 2.52 bits per heavy atom. The van der Waals surface area contributed by atoms with Crippen LogP contribution in [-0.4, -0.2) is 102 Å². The van der Waals surface area contributed by atoms with Gasteiger partial charge in [-0.1, -0.05) is 0 Å². The molecule has 0 amide bonds. The first kappa shape index (κ1) is 33.9. The Bertz CT molecular complexity index is 2160. The van der Waals surface area contributed by atoms with Crippen LogP contribution < -0.4 is 25.0 Å². The highest BCUT2D eigenvalue weighted by atomic mass is 79.9. The molecule has 50 heavy (non-hydrogen) atoms. The van der Waals surface area contributed by atoms with Crippen molar-refractivity contribution in [3.8, 4) is 16.9 Å². The lowest BCUT2D eigenvalue weighted by Crippen LogP contribution is -2.56. The van der Waals surface area contributed by atoms with E-state index in [9.17, 15) is 8.42 Å². The molecule has 262 valence electrons. The second-order valence-electron chi connectivity index (χ2n) is 12.7. The van der Waals surface area contributed by atoms with Crippen molar-refractivity contribution in [2.24, 2.45) is 7.05 Å². The number of nitrogens with one attached hydrogen (secondary N) is 3. The minimum absolute atomic E-state index is 0.115. The Morgan fingerprint density at radius 1 is 1.00 bits per heavy atom. The molecular formula is C33H38BrN11O4S. The van der Waals surface area contributed by atoms with Gasteiger partial charge in [-0.25, -0.2) is 13.4 Å². The van der Waals surface area contributed by atoms with Gasteiger partial charge in [-0.15, -0.1) is 0 Å². The van der Waals surface area contributed by atoms with Crippen molar-refractivity contribution < 1.29 is 17.9 Å². The summed E-state index contributed by atoms with van der Waals surface area (Å²) >= 11 is 3.53. The lowest BCUT2D eigenvalue weighted by atomic mass is 9.88. The third-order valence-electron chi connectivity index (χ3n) is 8.96. The third-order valence-corrected chi connectivity index (χ3v) is 10.1. The summed E-state index contributed by atoms with van der Waals surface area (Å²) in [6, 6.07) is 7.56. The monoisotopic (exact) mass is 763 g/mol. The molecule has 2 aliphatic rings. The van der Waals surface area contributed by atoms with Crippen LogP contribution in [0.4, 0.5) is 34.5 Å². The number of aryl methyl sites for hydroxylation is 1. The normalized spacial score (nSPS) is 16.5. The number of morpholine rings is 1. The van der Waals surface area contributed by atoms with Gasteiger partial charge in [0.1, 0.15) is 17.1 Å². The number of fused-ring (bicyclic) bond motifs is 1. The maximum Gasteiger partial charge on any atom is 0.229 e. The Labute approximate surface area is 298 Å². The first-order valence-electron chi connectivity index (χ1n) is 16.1. The molecule has 3 N–H and O–H groups in total. The van der Waals surface area contributed by atoms with Crippen molar-refractivity contribution in [3.63, 3.8) is 0 Å². The van der Waals surface area contributed by atoms with E-state index in [0.717, 1.165) is 68.7 Å². The largest absolute Gasteiger partial charge is 0.494 e. The summed E-state index contributed by atoms with van der Waals surface area (Å²) in [5, 5.41) is 11.0. The lowest BCUT2D eigenvalue weighted by Gasteiger charge is -2.47. The van der Waals surface area contributed by atoms with Crippen LogP contribution in [0.1, 0.15) is 12.8 Å². The average Bonchev–Trinajstić information content (AvgIpc) is 3.53. The highest BCUT2D eigenvalue weighted by Gasteiger charge is 2.39. The number of hydrogen-bond donors (Lipinski definition) is 3. The minimum atomic E-state index is -3.64. The Balaban J connectivity index is 1.21. The summed E-state index contributed by atoms with van der Waals surface area (Å²) in [7, 11) is 2.06. The van der Waals surface area contributed by atoms with Crippen LogP contribution in [0, 0.1) is 0 Å². The quantitative estimate of drug-likeness (QED) is 0.189. The molecule has 0 radical (unpaired) electrons. The molecule has 3 aromatic heterocycles. The molecule has 17 heteroatoms. The number of piperidine rings is 1. The Morgan fingerprint density at radius 2 is 1.80 bits per heavy atom. The van der Waals surface area contributed by atoms with E-state index in [1.54, 1.807) is 36.3 Å². The maximum absolute atomic E-state index is 12.3. The maximum atomic E-state index is 12.3. The van der Waals surface area contributed by atoms with Gasteiger partial charge in [-0.2, -0.15) is 10.1 Å². The minimum Gasteiger partial charge on any atom is -0.494 e. The molecule has 0 atom stereocenters. The third kappa shape index (κ3) is 7.17. The lowest BCUT2D eigenvalue weighted by molar-refractivity contribution is -0.115. The van der Waals surface area contributed by atoms with Gasteiger partial charge < -0.3 is 29.9 Å². The van der Waals surface area contributed by atoms with Crippen molar-refractivity contribution in [1.82, 2.24) is 34.6 Å². The molecule has 1 spiro atoms. The van der Waals surface area contributed by atoms with Gasteiger partial charge in [0.25, 0.3) is 0 Å². The summed E-state index contributed by atoms with van der Waals surface area (Å²) in [6.45, 7) is 4.35. The van der Waals surface area contributed by atoms with Crippen LogP contribution in [-0.2, 0) is 21.8 Å². The van der Waals surface area contributed by atoms with Crippen molar-refractivity contribution in [3.05, 3.63) is 59.7 Å². The molecule has 5 heterocycles. The first-order chi connectivity index (χ1) is 24.0. The van der Waals surface area contributed by atoms with Gasteiger partial charge in [0, 0.05) is 80.9 Å². The summed E-state index contributed by atoms with van der Waals surface area (Å²) < 4.78 is 41.8. The number of benzene rings is 2. The number of sulfonamides is 1. The van der Waals surface area contributed by atoms with Crippen LogP contribution in [0.25, 0.3) is 22.2 Å². The number of hydrogen-bond acceptors (Lipinski definition) is 13. The fourth-order valence-corrected chi connectivity index (χ4v) is 7.44. The number of nitrogens with zero attached hydrogens (tertiary/aromatic N) is 8. The topological polar surface area (TPSA) is 165 Å². The van der Waals surface area contributed by atoms with Crippen LogP contribution in [0.3, 0.4) is 0 Å². The molecule has 0 saturated carbocycles. The van der Waals surface area contributed by atoms with E-state index in [4.69, 9.17) is 14.5 Å². The van der Waals surface area contributed by atoms with E-state index in [1.807, 2.05) is 31.6 Å². The summed E-state index contributed by atoms with van der Waals surface area (Å²) in [6.07, 6.45) is 11.5. The zero-order valence-electron chi connectivity index (χ0n) is 28.1. The van der Waals surface area contributed by atoms with E-state index in [-0.39, 0.29) is 17.2 Å². The predicted molar refractivity (Wildman–Crippen MR) is 197 cm³/mol. The second-order valence-corrected chi connectivity index (χ2v) is 15.3. The standard InChI is InChI=1S/C33H38BrN11O4S/c1-43-13-14-49-33(20-43)7-11-45(12-8-33)27-16-28(48-3)26(15-22(27)21-17-38-44(2)19-21)40-32-37-18-23(34)31(41-32)39-25-6-5-24-29(36-10-9-35-24)30(25)42-50(4,46)47/h5-6,9-10,15-19,42H,7-8,11-14,20H2,1-4H3,(H2,37,39,40,41). The Kier molecular flexibility index (Phi) is 9.23. The smallest absolute Gasteiger partial charge is 0.229 e. The van der Waals surface area contributed by atoms with E-state index >= 15 is 0 Å². The summed E-state index contributed by atoms with van der Waals surface area (Å²) in [5.74, 6) is 1.30. The molecule has 0 unspecified atom stereocenters. The molecular weight excluding hydrogens is 726 g/mol. The fraction of sp³-hybridized carbons (Fsp3) is 0.364. The van der Waals surface area contributed by atoms with Crippen molar-refractivity contribution in [2.45, 2.75) is 18.4 Å². The molecule has 0 bridgehead atoms. The Hall–Kier alpha value is -4.58. The highest BCUT2D eigenvalue weighted by molar-refractivity contribution is 9.10. The number of likely N-dealkylation sites (N-methyl/N-ethyl adjacent to an activating group) is 1. The molecule has 2 fully saturated rings. The first-order valence-corrected chi connectivity index (χ1v) is 18.7. The predicted octanol–water partition coefficient (Wildman–Crippen LogP) is 4.75. The van der Waals surface area contributed by atoms with Crippen LogP contribution in [0.5, 0.6) is 5.75 Å². The van der Waals surface area contributed by atoms with Crippen LogP contribution in [0.2, 0.25) is 0 Å². The molecule has 0 aliphatic carbocycles. The highest BCUT2D eigenvalue weighted by Crippen LogP contribution is 2.43. The van der Waals surface area contributed by atoms with Gasteiger partial charge in [-0.3, -0.25) is 19.4 Å². The molecule has 7 rings (SSSR count). The van der Waals surface area contributed by atoms with E-state index in [2.05, 4.69) is 68.2 Å². The van der Waals surface area contributed by atoms with E-state index < -0.39 is 10.0 Å². The number of aromatic nitrogens is 6. The van der Waals surface area contributed by atoms with Gasteiger partial charge in [0.15, 0.2) is 0 Å². The summed E-state index contributed by atoms with van der Waals surface area (Å²) in [5.41, 5.74) is 5.16. The number of methoxy groups -OCH3 is 1. The zero-order valence-corrected chi connectivity index (χ0v) is 30.5. The van der Waals surface area contributed by atoms with Crippen LogP contribution in [0.15, 0.2) is 59.7 Å². The average molecular weight is 765 g/mol. The zero-order chi connectivity index (χ0) is 35.0. The second kappa shape index (κ2) is 13.6. The molecule has 2 saturated heterocycles. The molecule has 15 nitrogen and oxygen atoms in total. The van der Waals surface area contributed by atoms with Crippen molar-refractivity contribution in [2.75, 3.05) is 73.5 Å². The van der Waals surface area contributed by atoms with E-state index in [0.29, 0.717) is 38.4 Å². The van der Waals surface area contributed by atoms with Gasteiger partial charge in [0.2, 0.25) is 16.0 Å². The van der Waals surface area contributed by atoms with Crippen molar-refractivity contribution in [1.29, 1.82) is 0 Å². The fourth-order valence-electron chi connectivity index (χ4n) is 6.57. The van der Waals surface area contributed by atoms with Crippen molar-refractivity contribution >= 4 is 71.5 Å². The molecule has 2 aliphatic heterocycles. The number of ether oxygens (including phenoxy) is 2. The number of halogens is 1. The van der Waals surface area contributed by atoms with Gasteiger partial charge in [0.05, 0.1) is 58.8 Å². The summed E-state index contributed by atoms with van der Waals surface area (Å²) in [4.78, 5) is 22.7. The van der Waals surface area contributed by atoms with Crippen LogP contribution >= 0.6 is 15.9 Å². The van der Waals surface area contributed by atoms with Gasteiger partial charge >= 0.3 is 0 Å². The molecule has 2 aromatic carbocycles. The van der Waals surface area contributed by atoms with Gasteiger partial charge in [-0.05, 0) is 54.0 Å². The van der Waals surface area contributed by atoms with E-state index in [1.165, 1.54) is 6.20 Å². The number of rotatable bonds is 9.